The maximum Gasteiger partial charge on any atom is 0.262 e. The Balaban J connectivity index is 2.48. The van der Waals surface area contributed by atoms with Crippen molar-refractivity contribution in [1.82, 2.24) is 0 Å². The first kappa shape index (κ1) is 15.8. The second-order valence-corrected chi connectivity index (χ2v) is 6.56. The molecule has 2 N–H and O–H groups in total. The van der Waals surface area contributed by atoms with Crippen molar-refractivity contribution < 1.29 is 17.9 Å². The molecule has 0 saturated heterocycles. The van der Waals surface area contributed by atoms with E-state index in [0.717, 1.165) is 17.7 Å². The van der Waals surface area contributed by atoms with Crippen molar-refractivity contribution in [3.63, 3.8) is 0 Å². The fourth-order valence-electron chi connectivity index (χ4n) is 1.83. The van der Waals surface area contributed by atoms with E-state index in [2.05, 4.69) is 4.72 Å². The van der Waals surface area contributed by atoms with Crippen LogP contribution < -0.4 is 4.72 Å². The molecule has 0 saturated carbocycles. The van der Waals surface area contributed by atoms with Crippen LogP contribution in [0.25, 0.3) is 0 Å². The summed E-state index contributed by atoms with van der Waals surface area (Å²) < 4.78 is 40.3. The quantitative estimate of drug-likeness (QED) is 0.906. The van der Waals surface area contributed by atoms with Crippen LogP contribution in [0.1, 0.15) is 11.1 Å². The van der Waals surface area contributed by atoms with Gasteiger partial charge in [-0.2, -0.15) is 0 Å². The fourth-order valence-corrected chi connectivity index (χ4v) is 3.36. The number of halogens is 2. The number of nitrogens with one attached hydrogen (secondary N) is 1. The third-order valence-corrected chi connectivity index (χ3v) is 4.63. The van der Waals surface area contributed by atoms with Gasteiger partial charge in [-0.15, -0.1) is 0 Å². The van der Waals surface area contributed by atoms with Gasteiger partial charge in [-0.3, -0.25) is 4.72 Å². The van der Waals surface area contributed by atoms with Crippen LogP contribution in [-0.4, -0.2) is 13.5 Å². The third-order valence-electron chi connectivity index (χ3n) is 2.86. The summed E-state index contributed by atoms with van der Waals surface area (Å²) in [7, 11) is -4.05. The average molecular weight is 330 g/mol. The van der Waals surface area contributed by atoms with Crippen LogP contribution in [-0.2, 0) is 16.6 Å². The number of hydrogen-bond acceptors (Lipinski definition) is 3. The van der Waals surface area contributed by atoms with E-state index in [1.54, 1.807) is 25.1 Å². The molecule has 7 heteroatoms. The maximum atomic E-state index is 13.3. The Morgan fingerprint density at radius 1 is 1.24 bits per heavy atom. The van der Waals surface area contributed by atoms with Crippen LogP contribution in [0.3, 0.4) is 0 Å². The van der Waals surface area contributed by atoms with Gasteiger partial charge < -0.3 is 5.11 Å². The molecular formula is C14H13ClFNO3S. The van der Waals surface area contributed by atoms with Crippen LogP contribution >= 0.6 is 11.6 Å². The first-order chi connectivity index (χ1) is 9.83. The van der Waals surface area contributed by atoms with Gasteiger partial charge in [0.15, 0.2) is 0 Å². The predicted molar refractivity (Wildman–Crippen MR) is 79.3 cm³/mol. The highest BCUT2D eigenvalue weighted by atomic mass is 35.5. The molecule has 0 aliphatic rings. The Morgan fingerprint density at radius 3 is 2.62 bits per heavy atom. The van der Waals surface area contributed by atoms with E-state index in [4.69, 9.17) is 11.6 Å². The molecule has 2 aromatic carbocycles. The predicted octanol–water partition coefficient (Wildman–Crippen LogP) is 3.08. The maximum absolute atomic E-state index is 13.3. The van der Waals surface area contributed by atoms with Crippen LogP contribution in [0.15, 0.2) is 41.3 Å². The van der Waals surface area contributed by atoms with E-state index in [9.17, 15) is 17.9 Å². The van der Waals surface area contributed by atoms with E-state index < -0.39 is 22.4 Å². The summed E-state index contributed by atoms with van der Waals surface area (Å²) in [5, 5.41) is 9.42. The molecule has 4 nitrogen and oxygen atoms in total. The van der Waals surface area contributed by atoms with E-state index in [1.165, 1.54) is 6.07 Å². The summed E-state index contributed by atoms with van der Waals surface area (Å²) in [6.45, 7) is 1.27. The standard InChI is InChI=1S/C14H13ClFNO3S/c1-9-2-5-12(15)13(6-9)17-21(19,20)14-7-11(16)4-3-10(14)8-18/h2-7,17-18H,8H2,1H3. The normalized spacial score (nSPS) is 11.4. The third kappa shape index (κ3) is 3.53. The molecule has 112 valence electrons. The Hall–Kier alpha value is -1.63. The molecule has 0 fully saturated rings. The minimum absolute atomic E-state index is 0.104. The Morgan fingerprint density at radius 2 is 1.95 bits per heavy atom. The van der Waals surface area contributed by atoms with E-state index in [0.29, 0.717) is 0 Å². The highest BCUT2D eigenvalue weighted by Gasteiger charge is 2.20. The van der Waals surface area contributed by atoms with Crippen molar-refractivity contribution in [2.24, 2.45) is 0 Å². The molecule has 0 amide bonds. The van der Waals surface area contributed by atoms with Gasteiger partial charge in [0, 0.05) is 0 Å². The molecule has 0 spiro atoms. The molecule has 0 aliphatic carbocycles. The minimum Gasteiger partial charge on any atom is -0.392 e. The highest BCUT2D eigenvalue weighted by Crippen LogP contribution is 2.27. The molecule has 2 aromatic rings. The summed E-state index contributed by atoms with van der Waals surface area (Å²) in [4.78, 5) is -0.317. The van der Waals surface area contributed by atoms with E-state index in [1.807, 2.05) is 0 Å². The van der Waals surface area contributed by atoms with Crippen molar-refractivity contribution in [3.8, 4) is 0 Å². The zero-order valence-corrected chi connectivity index (χ0v) is 12.7. The molecule has 2 rings (SSSR count). The van der Waals surface area contributed by atoms with Crippen LogP contribution in [0.5, 0.6) is 0 Å². The van der Waals surface area contributed by atoms with Crippen molar-refractivity contribution in [3.05, 3.63) is 58.4 Å². The van der Waals surface area contributed by atoms with E-state index >= 15 is 0 Å². The average Bonchev–Trinajstić information content (AvgIpc) is 2.42. The van der Waals surface area contributed by atoms with Crippen LogP contribution in [0.2, 0.25) is 5.02 Å². The SMILES string of the molecule is Cc1ccc(Cl)c(NS(=O)(=O)c2cc(F)ccc2CO)c1. The van der Waals surface area contributed by atoms with Crippen LogP contribution in [0, 0.1) is 12.7 Å². The van der Waals surface area contributed by atoms with Gasteiger partial charge >= 0.3 is 0 Å². The summed E-state index contributed by atoms with van der Waals surface area (Å²) in [5.41, 5.74) is 1.12. The minimum atomic E-state index is -4.05. The summed E-state index contributed by atoms with van der Waals surface area (Å²) >= 11 is 5.94. The molecule has 21 heavy (non-hydrogen) atoms. The molecule has 0 radical (unpaired) electrons. The summed E-state index contributed by atoms with van der Waals surface area (Å²) in [6, 6.07) is 8.04. The first-order valence-corrected chi connectivity index (χ1v) is 7.88. The molecule has 0 bridgehead atoms. The largest absolute Gasteiger partial charge is 0.392 e. The molecule has 0 atom stereocenters. The number of aliphatic hydroxyl groups excluding tert-OH is 1. The zero-order chi connectivity index (χ0) is 15.6. The molecular weight excluding hydrogens is 317 g/mol. The number of aliphatic hydroxyl groups is 1. The lowest BCUT2D eigenvalue weighted by Gasteiger charge is -2.13. The smallest absolute Gasteiger partial charge is 0.262 e. The monoisotopic (exact) mass is 329 g/mol. The van der Waals surface area contributed by atoms with Crippen molar-refractivity contribution in [1.29, 1.82) is 0 Å². The number of hydrogen-bond donors (Lipinski definition) is 2. The second-order valence-electron chi connectivity index (χ2n) is 4.50. The highest BCUT2D eigenvalue weighted by molar-refractivity contribution is 7.92. The lowest BCUT2D eigenvalue weighted by Crippen LogP contribution is -2.16. The number of rotatable bonds is 4. The molecule has 0 aliphatic heterocycles. The van der Waals surface area contributed by atoms with Gasteiger partial charge in [0.2, 0.25) is 0 Å². The van der Waals surface area contributed by atoms with Gasteiger partial charge in [-0.1, -0.05) is 23.7 Å². The number of benzene rings is 2. The molecule has 0 aromatic heterocycles. The Bertz CT molecular complexity index is 778. The van der Waals surface area contributed by atoms with Crippen LogP contribution in [0.4, 0.5) is 10.1 Å². The summed E-state index contributed by atoms with van der Waals surface area (Å²) in [6.07, 6.45) is 0. The zero-order valence-electron chi connectivity index (χ0n) is 11.1. The lowest BCUT2D eigenvalue weighted by atomic mass is 10.2. The van der Waals surface area contributed by atoms with Gasteiger partial charge in [-0.05, 0) is 42.3 Å². The fraction of sp³-hybridized carbons (Fsp3) is 0.143. The van der Waals surface area contributed by atoms with Gasteiger partial charge in [0.05, 0.1) is 22.2 Å². The Kier molecular flexibility index (Phi) is 4.51. The van der Waals surface area contributed by atoms with Gasteiger partial charge in [0.25, 0.3) is 10.0 Å². The molecule has 0 heterocycles. The number of sulfonamides is 1. The molecule has 0 unspecified atom stereocenters. The topological polar surface area (TPSA) is 66.4 Å². The van der Waals surface area contributed by atoms with Gasteiger partial charge in [0.1, 0.15) is 5.82 Å². The Labute approximate surface area is 127 Å². The second kappa shape index (κ2) is 6.01. The van der Waals surface area contributed by atoms with E-state index in [-0.39, 0.29) is 21.2 Å². The summed E-state index contributed by atoms with van der Waals surface area (Å²) in [5.74, 6) is -0.706. The van der Waals surface area contributed by atoms with Gasteiger partial charge in [-0.25, -0.2) is 12.8 Å². The first-order valence-electron chi connectivity index (χ1n) is 6.02. The number of anilines is 1. The van der Waals surface area contributed by atoms with Crippen molar-refractivity contribution >= 4 is 27.3 Å². The van der Waals surface area contributed by atoms with Crippen molar-refractivity contribution in [2.75, 3.05) is 4.72 Å². The lowest BCUT2D eigenvalue weighted by molar-refractivity contribution is 0.278. The number of aryl methyl sites for hydroxylation is 1. The van der Waals surface area contributed by atoms with Crippen molar-refractivity contribution in [2.45, 2.75) is 18.4 Å².